The number of fused-ring (bicyclic) bond motifs is 2. The van der Waals surface area contributed by atoms with E-state index in [9.17, 15) is 0 Å². The minimum Gasteiger partial charge on any atom is -0.243 e. The van der Waals surface area contributed by atoms with E-state index < -0.39 is 0 Å². The Bertz CT molecular complexity index is 517. The van der Waals surface area contributed by atoms with Crippen LogP contribution < -0.4 is 4.40 Å². The highest BCUT2D eigenvalue weighted by Gasteiger charge is 2.02. The minimum atomic E-state index is 1.12. The van der Waals surface area contributed by atoms with Gasteiger partial charge in [0.2, 0.25) is 0 Å². The molecular weight excluding hydrogens is 160 g/mol. The zero-order chi connectivity index (χ0) is 8.67. The molecule has 2 heteroatoms. The van der Waals surface area contributed by atoms with E-state index in [1.807, 2.05) is 12.4 Å². The lowest BCUT2D eigenvalue weighted by Crippen LogP contribution is -2.16. The van der Waals surface area contributed by atoms with Crippen molar-refractivity contribution in [2.24, 2.45) is 0 Å². The number of pyridine rings is 1. The molecule has 62 valence electrons. The van der Waals surface area contributed by atoms with Crippen molar-refractivity contribution >= 4 is 16.4 Å². The Hall–Kier alpha value is -1.83. The van der Waals surface area contributed by atoms with Crippen LogP contribution >= 0.6 is 0 Å². The molecule has 0 radical (unpaired) electrons. The highest BCUT2D eigenvalue weighted by Crippen LogP contribution is 2.11. The van der Waals surface area contributed by atoms with Crippen molar-refractivity contribution in [2.75, 3.05) is 0 Å². The molecule has 0 aliphatic rings. The molecular formula is C11H9N2+. The molecule has 0 fully saturated rings. The van der Waals surface area contributed by atoms with Crippen LogP contribution in [0.2, 0.25) is 0 Å². The van der Waals surface area contributed by atoms with E-state index in [0.29, 0.717) is 0 Å². The first-order valence-electron chi connectivity index (χ1n) is 4.31. The van der Waals surface area contributed by atoms with Crippen molar-refractivity contribution < 1.29 is 4.40 Å². The predicted molar refractivity (Wildman–Crippen MR) is 51.5 cm³/mol. The Kier molecular flexibility index (Phi) is 1.19. The number of imidazole rings is 1. The van der Waals surface area contributed by atoms with Gasteiger partial charge in [-0.05, 0) is 5.39 Å². The summed E-state index contributed by atoms with van der Waals surface area (Å²) in [7, 11) is 0. The molecule has 0 spiro atoms. The van der Waals surface area contributed by atoms with Crippen LogP contribution in [-0.4, -0.2) is 4.98 Å². The molecule has 0 aliphatic heterocycles. The average molecular weight is 169 g/mol. The predicted octanol–water partition coefficient (Wildman–Crippen LogP) is 1.91. The van der Waals surface area contributed by atoms with Crippen molar-refractivity contribution in [3.05, 3.63) is 48.9 Å². The van der Waals surface area contributed by atoms with E-state index in [1.54, 1.807) is 0 Å². The fourth-order valence-corrected chi connectivity index (χ4v) is 1.64. The summed E-state index contributed by atoms with van der Waals surface area (Å²) in [5.41, 5.74) is 1.12. The number of nitrogens with one attached hydrogen (secondary N) is 1. The Morgan fingerprint density at radius 1 is 1.08 bits per heavy atom. The highest BCUT2D eigenvalue weighted by molar-refractivity contribution is 5.82. The van der Waals surface area contributed by atoms with Crippen LogP contribution in [0.1, 0.15) is 0 Å². The van der Waals surface area contributed by atoms with E-state index in [2.05, 4.69) is 45.9 Å². The normalized spacial score (nSPS) is 11.1. The summed E-state index contributed by atoms with van der Waals surface area (Å²) in [6, 6.07) is 10.5. The summed E-state index contributed by atoms with van der Waals surface area (Å²) in [5.74, 6) is 0. The third kappa shape index (κ3) is 0.920. The van der Waals surface area contributed by atoms with Crippen molar-refractivity contribution in [1.29, 1.82) is 0 Å². The van der Waals surface area contributed by atoms with Crippen LogP contribution in [0.4, 0.5) is 0 Å². The SMILES string of the molecule is c1ccc2c[n+]3cc[nH]c3cc2c1. The molecule has 0 atom stereocenters. The van der Waals surface area contributed by atoms with Crippen molar-refractivity contribution in [1.82, 2.24) is 4.98 Å². The molecule has 1 aromatic carbocycles. The van der Waals surface area contributed by atoms with Crippen LogP contribution in [0.3, 0.4) is 0 Å². The molecule has 2 heterocycles. The number of hydrogen-bond donors (Lipinski definition) is 1. The third-order valence-electron chi connectivity index (χ3n) is 2.31. The Labute approximate surface area is 75.5 Å². The number of aromatic amines is 1. The number of nitrogens with zero attached hydrogens (tertiary/aromatic N) is 1. The van der Waals surface area contributed by atoms with Crippen LogP contribution in [0.25, 0.3) is 16.4 Å². The monoisotopic (exact) mass is 169 g/mol. The first-order chi connectivity index (χ1) is 6.43. The van der Waals surface area contributed by atoms with Crippen LogP contribution in [-0.2, 0) is 0 Å². The Balaban J connectivity index is 2.57. The van der Waals surface area contributed by atoms with Crippen LogP contribution in [0, 0.1) is 0 Å². The summed E-state index contributed by atoms with van der Waals surface area (Å²) < 4.78 is 2.09. The number of benzene rings is 1. The largest absolute Gasteiger partial charge is 0.284 e. The van der Waals surface area contributed by atoms with E-state index in [1.165, 1.54) is 10.8 Å². The fraction of sp³-hybridized carbons (Fsp3) is 0. The second-order valence-electron chi connectivity index (χ2n) is 3.15. The lowest BCUT2D eigenvalue weighted by Gasteiger charge is -1.93. The highest BCUT2D eigenvalue weighted by atomic mass is 15.0. The lowest BCUT2D eigenvalue weighted by atomic mass is 10.2. The maximum atomic E-state index is 3.17. The summed E-state index contributed by atoms with van der Waals surface area (Å²) >= 11 is 0. The first kappa shape index (κ1) is 6.66. The molecule has 1 N–H and O–H groups in total. The topological polar surface area (TPSA) is 19.9 Å². The number of aromatic nitrogens is 2. The summed E-state index contributed by atoms with van der Waals surface area (Å²) in [6.07, 6.45) is 6.08. The van der Waals surface area contributed by atoms with Gasteiger partial charge in [0.1, 0.15) is 18.6 Å². The van der Waals surface area contributed by atoms with Gasteiger partial charge in [-0.3, -0.25) is 0 Å². The van der Waals surface area contributed by atoms with Gasteiger partial charge < -0.3 is 0 Å². The Morgan fingerprint density at radius 2 is 1.92 bits per heavy atom. The van der Waals surface area contributed by atoms with E-state index in [0.717, 1.165) is 5.65 Å². The fourth-order valence-electron chi connectivity index (χ4n) is 1.64. The van der Waals surface area contributed by atoms with Gasteiger partial charge >= 0.3 is 0 Å². The van der Waals surface area contributed by atoms with Gasteiger partial charge in [0.25, 0.3) is 5.65 Å². The number of rotatable bonds is 0. The molecule has 0 amide bonds. The standard InChI is InChI=1S/C11H8N2/c1-2-4-10-8-13-6-5-12-11(13)7-9(10)3-1/h1-8H/p+1. The molecule has 0 saturated heterocycles. The van der Waals surface area contributed by atoms with Gasteiger partial charge in [-0.15, -0.1) is 0 Å². The van der Waals surface area contributed by atoms with E-state index >= 15 is 0 Å². The van der Waals surface area contributed by atoms with Crippen molar-refractivity contribution in [2.45, 2.75) is 0 Å². The van der Waals surface area contributed by atoms with Gasteiger partial charge in [0.15, 0.2) is 0 Å². The summed E-state index contributed by atoms with van der Waals surface area (Å²) in [4.78, 5) is 3.17. The van der Waals surface area contributed by atoms with Crippen molar-refractivity contribution in [3.63, 3.8) is 0 Å². The maximum absolute atomic E-state index is 3.17. The smallest absolute Gasteiger partial charge is 0.243 e. The zero-order valence-electron chi connectivity index (χ0n) is 7.07. The molecule has 0 aliphatic carbocycles. The van der Waals surface area contributed by atoms with Gasteiger partial charge in [-0.25, -0.2) is 9.38 Å². The van der Waals surface area contributed by atoms with Crippen LogP contribution in [0.15, 0.2) is 48.9 Å². The second-order valence-corrected chi connectivity index (χ2v) is 3.15. The van der Waals surface area contributed by atoms with Crippen molar-refractivity contribution in [3.8, 4) is 0 Å². The maximum Gasteiger partial charge on any atom is 0.284 e. The van der Waals surface area contributed by atoms with Gasteiger partial charge in [0, 0.05) is 11.5 Å². The minimum absolute atomic E-state index is 1.12. The average Bonchev–Trinajstić information content (AvgIpc) is 2.61. The molecule has 0 saturated carbocycles. The molecule has 3 aromatic rings. The summed E-state index contributed by atoms with van der Waals surface area (Å²) in [5, 5.41) is 2.53. The molecule has 0 unspecified atom stereocenters. The van der Waals surface area contributed by atoms with E-state index in [-0.39, 0.29) is 0 Å². The molecule has 13 heavy (non-hydrogen) atoms. The van der Waals surface area contributed by atoms with Crippen LogP contribution in [0.5, 0.6) is 0 Å². The molecule has 3 rings (SSSR count). The Morgan fingerprint density at radius 3 is 2.85 bits per heavy atom. The summed E-state index contributed by atoms with van der Waals surface area (Å²) in [6.45, 7) is 0. The van der Waals surface area contributed by atoms with Gasteiger partial charge in [0.05, 0.1) is 0 Å². The van der Waals surface area contributed by atoms with E-state index in [4.69, 9.17) is 0 Å². The van der Waals surface area contributed by atoms with Gasteiger partial charge in [-0.1, -0.05) is 24.3 Å². The third-order valence-corrected chi connectivity index (χ3v) is 2.31. The molecule has 0 bridgehead atoms. The second kappa shape index (κ2) is 2.33. The molecule has 2 aromatic heterocycles. The lowest BCUT2D eigenvalue weighted by molar-refractivity contribution is -0.508. The molecule has 2 nitrogen and oxygen atoms in total. The van der Waals surface area contributed by atoms with Gasteiger partial charge in [-0.2, -0.15) is 0 Å². The number of hydrogen-bond acceptors (Lipinski definition) is 0. The first-order valence-corrected chi connectivity index (χ1v) is 4.31. The number of H-pyrrole nitrogens is 1. The quantitative estimate of drug-likeness (QED) is 0.496. The zero-order valence-corrected chi connectivity index (χ0v) is 7.07.